The second-order valence-electron chi connectivity index (χ2n) is 8.08. The van der Waals surface area contributed by atoms with Crippen LogP contribution in [0.1, 0.15) is 21.7 Å². The molecule has 1 aromatic heterocycles. The third-order valence-electron chi connectivity index (χ3n) is 5.86. The molecule has 0 unspecified atom stereocenters. The number of likely N-dealkylation sites (N-methyl/N-ethyl adjacent to an activating group) is 1. The van der Waals surface area contributed by atoms with Crippen LogP contribution < -0.4 is 5.32 Å². The van der Waals surface area contributed by atoms with Crippen LogP contribution in [-0.2, 0) is 4.79 Å². The van der Waals surface area contributed by atoms with E-state index in [-0.39, 0.29) is 11.8 Å². The van der Waals surface area contributed by atoms with E-state index in [9.17, 15) is 9.59 Å². The zero-order valence-electron chi connectivity index (χ0n) is 17.6. The van der Waals surface area contributed by atoms with Gasteiger partial charge in [-0.25, -0.2) is 0 Å². The van der Waals surface area contributed by atoms with Crippen molar-refractivity contribution in [3.63, 3.8) is 0 Å². The van der Waals surface area contributed by atoms with Gasteiger partial charge in [0.1, 0.15) is 11.5 Å². The van der Waals surface area contributed by atoms with Gasteiger partial charge in [-0.1, -0.05) is 23.7 Å². The van der Waals surface area contributed by atoms with Crippen molar-refractivity contribution in [2.45, 2.75) is 0 Å². The number of nitrogens with one attached hydrogen (secondary N) is 1. The molecule has 162 valence electrons. The van der Waals surface area contributed by atoms with Crippen LogP contribution in [-0.4, -0.2) is 54.8 Å². The maximum Gasteiger partial charge on any atom is 0.256 e. The van der Waals surface area contributed by atoms with Crippen LogP contribution in [0.5, 0.6) is 0 Å². The average molecular weight is 448 g/mol. The Kier molecular flexibility index (Phi) is 5.33. The smallest absolute Gasteiger partial charge is 0.256 e. The first-order valence-corrected chi connectivity index (χ1v) is 10.9. The highest BCUT2D eigenvalue weighted by atomic mass is 35.5. The molecule has 2 amide bonds. The van der Waals surface area contributed by atoms with Gasteiger partial charge >= 0.3 is 0 Å². The summed E-state index contributed by atoms with van der Waals surface area (Å²) in [6.45, 7) is 3.21. The number of piperazine rings is 1. The van der Waals surface area contributed by atoms with E-state index in [0.29, 0.717) is 27.7 Å². The summed E-state index contributed by atoms with van der Waals surface area (Å²) in [6, 6.07) is 16.4. The monoisotopic (exact) mass is 447 g/mol. The summed E-state index contributed by atoms with van der Waals surface area (Å²) < 4.78 is 6.00. The third-order valence-corrected chi connectivity index (χ3v) is 6.10. The fraction of sp³-hybridized carbons (Fsp3) is 0.200. The van der Waals surface area contributed by atoms with Crippen molar-refractivity contribution in [3.8, 4) is 11.3 Å². The van der Waals surface area contributed by atoms with Gasteiger partial charge in [-0.15, -0.1) is 0 Å². The second-order valence-corrected chi connectivity index (χ2v) is 8.52. The lowest BCUT2D eigenvalue weighted by Gasteiger charge is -2.32. The molecule has 0 bridgehead atoms. The fourth-order valence-electron chi connectivity index (χ4n) is 4.03. The summed E-state index contributed by atoms with van der Waals surface area (Å²) in [6.07, 6.45) is 1.71. The number of hydrogen-bond acceptors (Lipinski definition) is 4. The number of amides is 2. The first kappa shape index (κ1) is 20.5. The van der Waals surface area contributed by atoms with E-state index in [1.807, 2.05) is 41.3 Å². The minimum absolute atomic E-state index is 0.0324. The number of benzene rings is 2. The summed E-state index contributed by atoms with van der Waals surface area (Å²) in [5.74, 6) is 1.02. The molecule has 1 fully saturated rings. The maximum absolute atomic E-state index is 12.9. The largest absolute Gasteiger partial charge is 0.457 e. The Morgan fingerprint density at radius 3 is 2.69 bits per heavy atom. The lowest BCUT2D eigenvalue weighted by atomic mass is 10.1. The number of halogens is 1. The molecule has 1 N–H and O–H groups in total. The number of hydrogen-bond donors (Lipinski definition) is 1. The van der Waals surface area contributed by atoms with Crippen molar-refractivity contribution in [3.05, 3.63) is 76.5 Å². The van der Waals surface area contributed by atoms with Crippen LogP contribution in [0.2, 0.25) is 5.02 Å². The minimum atomic E-state index is -0.194. The molecule has 0 aliphatic carbocycles. The summed E-state index contributed by atoms with van der Waals surface area (Å²) in [5.41, 5.74) is 3.44. The van der Waals surface area contributed by atoms with E-state index in [1.54, 1.807) is 24.3 Å². The van der Waals surface area contributed by atoms with Gasteiger partial charge in [0, 0.05) is 53.6 Å². The fourth-order valence-corrected chi connectivity index (χ4v) is 4.20. The SMILES string of the molecule is CN1CCN(C(=O)c2cccc(-c3ccc(/C=C4/C(=O)Nc5ccc(Cl)cc54)o3)c2)CC1. The van der Waals surface area contributed by atoms with Crippen LogP contribution in [0.25, 0.3) is 23.0 Å². The Hall–Kier alpha value is -3.35. The third kappa shape index (κ3) is 3.95. The second kappa shape index (κ2) is 8.30. The van der Waals surface area contributed by atoms with Gasteiger partial charge in [0.05, 0.1) is 5.57 Å². The molecule has 1 saturated heterocycles. The van der Waals surface area contributed by atoms with Crippen LogP contribution in [0, 0.1) is 0 Å². The predicted octanol–water partition coefficient (Wildman–Crippen LogP) is 4.48. The molecule has 0 radical (unpaired) electrons. The van der Waals surface area contributed by atoms with E-state index in [2.05, 4.69) is 17.3 Å². The molecule has 6 nitrogen and oxygen atoms in total. The zero-order valence-corrected chi connectivity index (χ0v) is 18.4. The van der Waals surface area contributed by atoms with Crippen molar-refractivity contribution >= 4 is 40.8 Å². The predicted molar refractivity (Wildman–Crippen MR) is 125 cm³/mol. The maximum atomic E-state index is 12.9. The summed E-state index contributed by atoms with van der Waals surface area (Å²) in [5, 5.41) is 3.40. The first-order chi connectivity index (χ1) is 15.5. The molecule has 0 spiro atoms. The Labute approximate surface area is 191 Å². The van der Waals surface area contributed by atoms with Gasteiger partial charge in [0.2, 0.25) is 0 Å². The van der Waals surface area contributed by atoms with E-state index in [0.717, 1.165) is 43.0 Å². The zero-order chi connectivity index (χ0) is 22.2. The van der Waals surface area contributed by atoms with E-state index >= 15 is 0 Å². The Bertz CT molecular complexity index is 1240. The topological polar surface area (TPSA) is 65.8 Å². The highest BCUT2D eigenvalue weighted by molar-refractivity contribution is 6.36. The number of rotatable bonds is 3. The molecular weight excluding hydrogens is 426 g/mol. The molecular formula is C25H22ClN3O3. The van der Waals surface area contributed by atoms with Crippen LogP contribution in [0.4, 0.5) is 5.69 Å². The van der Waals surface area contributed by atoms with Crippen LogP contribution in [0.15, 0.2) is 59.0 Å². The summed E-state index contributed by atoms with van der Waals surface area (Å²) >= 11 is 6.10. The van der Waals surface area contributed by atoms with Gasteiger partial charge in [0.25, 0.3) is 11.8 Å². The highest BCUT2D eigenvalue weighted by Crippen LogP contribution is 2.35. The van der Waals surface area contributed by atoms with Gasteiger partial charge in [-0.2, -0.15) is 0 Å². The standard InChI is InChI=1S/C25H22ClN3O3/c1-28-9-11-29(12-10-28)25(31)17-4-2-3-16(13-17)23-8-6-19(32-23)15-21-20-14-18(26)5-7-22(20)27-24(21)30/h2-8,13-15H,9-12H2,1H3,(H,27,30)/b21-15+. The van der Waals surface area contributed by atoms with Crippen molar-refractivity contribution in [1.82, 2.24) is 9.80 Å². The number of carbonyl (C=O) groups is 2. The summed E-state index contributed by atoms with van der Waals surface area (Å²) in [4.78, 5) is 29.4. The van der Waals surface area contributed by atoms with E-state index in [4.69, 9.17) is 16.0 Å². The Morgan fingerprint density at radius 2 is 1.88 bits per heavy atom. The van der Waals surface area contributed by atoms with Crippen molar-refractivity contribution in [2.24, 2.45) is 0 Å². The number of furan rings is 1. The van der Waals surface area contributed by atoms with Gasteiger partial charge < -0.3 is 19.5 Å². The number of carbonyl (C=O) groups excluding carboxylic acids is 2. The van der Waals surface area contributed by atoms with Gasteiger partial charge in [-0.05, 0) is 55.6 Å². The molecule has 3 aromatic rings. The minimum Gasteiger partial charge on any atom is -0.457 e. The summed E-state index contributed by atoms with van der Waals surface area (Å²) in [7, 11) is 2.06. The highest BCUT2D eigenvalue weighted by Gasteiger charge is 2.25. The molecule has 0 saturated carbocycles. The average Bonchev–Trinajstić information content (AvgIpc) is 3.39. The Morgan fingerprint density at radius 1 is 1.06 bits per heavy atom. The van der Waals surface area contributed by atoms with Gasteiger partial charge in [-0.3, -0.25) is 9.59 Å². The molecule has 5 rings (SSSR count). The van der Waals surface area contributed by atoms with Gasteiger partial charge in [0.15, 0.2) is 0 Å². The molecule has 32 heavy (non-hydrogen) atoms. The quantitative estimate of drug-likeness (QED) is 0.601. The first-order valence-electron chi connectivity index (χ1n) is 10.5. The van der Waals surface area contributed by atoms with Crippen molar-refractivity contribution in [1.29, 1.82) is 0 Å². The normalized spacial score (nSPS) is 17.5. The van der Waals surface area contributed by atoms with Crippen molar-refractivity contribution < 1.29 is 14.0 Å². The molecule has 2 aromatic carbocycles. The number of fused-ring (bicyclic) bond motifs is 1. The molecule has 0 atom stereocenters. The number of anilines is 1. The lowest BCUT2D eigenvalue weighted by Crippen LogP contribution is -2.47. The lowest BCUT2D eigenvalue weighted by molar-refractivity contribution is -0.110. The van der Waals surface area contributed by atoms with Crippen LogP contribution in [0.3, 0.4) is 0 Å². The van der Waals surface area contributed by atoms with E-state index < -0.39 is 0 Å². The number of nitrogens with zero attached hydrogens (tertiary/aromatic N) is 2. The Balaban J connectivity index is 1.40. The van der Waals surface area contributed by atoms with Crippen molar-refractivity contribution in [2.75, 3.05) is 38.5 Å². The molecule has 2 aliphatic rings. The molecule has 3 heterocycles. The molecule has 2 aliphatic heterocycles. The molecule has 7 heteroatoms. The van der Waals surface area contributed by atoms with Crippen LogP contribution >= 0.6 is 11.6 Å². The van der Waals surface area contributed by atoms with E-state index in [1.165, 1.54) is 0 Å².